The van der Waals surface area contributed by atoms with Gasteiger partial charge in [-0.05, 0) is 56.0 Å². The summed E-state index contributed by atoms with van der Waals surface area (Å²) in [6, 6.07) is 4.27. The number of fused-ring (bicyclic) bond motifs is 3. The maximum absolute atomic E-state index is 12.7. The first kappa shape index (κ1) is 19.5. The van der Waals surface area contributed by atoms with Crippen LogP contribution < -0.4 is 0 Å². The number of likely N-dealkylation sites (tertiary alicyclic amines) is 2. The van der Waals surface area contributed by atoms with Crippen LogP contribution >= 0.6 is 0 Å². The molecule has 0 saturated carbocycles. The summed E-state index contributed by atoms with van der Waals surface area (Å²) in [6.45, 7) is 4.91. The molecule has 2 aliphatic heterocycles. The number of hydrogen-bond donors (Lipinski definition) is 1. The summed E-state index contributed by atoms with van der Waals surface area (Å²) in [5.41, 5.74) is 3.24. The van der Waals surface area contributed by atoms with Gasteiger partial charge in [0.1, 0.15) is 0 Å². The van der Waals surface area contributed by atoms with Crippen LogP contribution in [-0.4, -0.2) is 77.1 Å². The SMILES string of the molecule is COCC1CCN(C(=O)CN2CCC(c3cc[nH]c4cnc5nccc5c34)CC2)C1. The average molecular weight is 408 g/mol. The number of nitrogens with zero attached hydrogens (tertiary/aromatic N) is 4. The van der Waals surface area contributed by atoms with E-state index >= 15 is 0 Å². The van der Waals surface area contributed by atoms with Crippen LogP contribution in [0.15, 0.2) is 30.7 Å². The Morgan fingerprint density at radius 3 is 2.90 bits per heavy atom. The number of hydrogen-bond acceptors (Lipinski definition) is 5. The van der Waals surface area contributed by atoms with E-state index in [1.165, 1.54) is 10.9 Å². The van der Waals surface area contributed by atoms with Crippen LogP contribution in [-0.2, 0) is 9.53 Å². The molecule has 3 aromatic heterocycles. The summed E-state index contributed by atoms with van der Waals surface area (Å²) < 4.78 is 5.25. The van der Waals surface area contributed by atoms with Gasteiger partial charge in [0.05, 0.1) is 24.9 Å². The monoisotopic (exact) mass is 407 g/mol. The lowest BCUT2D eigenvalue weighted by Crippen LogP contribution is -2.42. The molecule has 7 heteroatoms. The van der Waals surface area contributed by atoms with E-state index in [1.807, 2.05) is 23.5 Å². The van der Waals surface area contributed by atoms with E-state index in [4.69, 9.17) is 4.74 Å². The Morgan fingerprint density at radius 2 is 2.07 bits per heavy atom. The summed E-state index contributed by atoms with van der Waals surface area (Å²) in [5.74, 6) is 1.25. The summed E-state index contributed by atoms with van der Waals surface area (Å²) in [6.07, 6.45) is 8.92. The topological polar surface area (TPSA) is 74.3 Å². The maximum atomic E-state index is 12.7. The number of methoxy groups -OCH3 is 1. The molecule has 0 spiro atoms. The molecule has 5 rings (SSSR count). The molecular weight excluding hydrogens is 378 g/mol. The number of carbonyl (C=O) groups excluding carboxylic acids is 1. The lowest BCUT2D eigenvalue weighted by Gasteiger charge is -2.33. The molecule has 2 fully saturated rings. The van der Waals surface area contributed by atoms with Crippen LogP contribution in [0.2, 0.25) is 0 Å². The highest BCUT2D eigenvalue weighted by Crippen LogP contribution is 2.35. The lowest BCUT2D eigenvalue weighted by molar-refractivity contribution is -0.131. The maximum Gasteiger partial charge on any atom is 0.236 e. The number of rotatable bonds is 5. The number of aromatic amines is 1. The van der Waals surface area contributed by atoms with Crippen molar-refractivity contribution in [2.75, 3.05) is 46.4 Å². The number of carbonyl (C=O) groups is 1. The van der Waals surface area contributed by atoms with Gasteiger partial charge in [0.15, 0.2) is 5.65 Å². The Labute approximate surface area is 176 Å². The number of pyridine rings is 2. The van der Waals surface area contributed by atoms with E-state index < -0.39 is 0 Å². The van der Waals surface area contributed by atoms with Crippen molar-refractivity contribution >= 4 is 27.8 Å². The number of piperidine rings is 1. The van der Waals surface area contributed by atoms with Crippen LogP contribution in [0.4, 0.5) is 0 Å². The van der Waals surface area contributed by atoms with Crippen molar-refractivity contribution in [3.8, 4) is 0 Å². The van der Waals surface area contributed by atoms with Crippen LogP contribution in [0, 0.1) is 5.92 Å². The highest BCUT2D eigenvalue weighted by atomic mass is 16.5. The molecule has 3 aromatic rings. The molecule has 5 heterocycles. The minimum absolute atomic E-state index is 0.266. The van der Waals surface area contributed by atoms with Crippen molar-refractivity contribution in [2.24, 2.45) is 5.92 Å². The second-order valence-corrected chi connectivity index (χ2v) is 8.66. The molecule has 30 heavy (non-hydrogen) atoms. The molecule has 0 radical (unpaired) electrons. The van der Waals surface area contributed by atoms with Crippen LogP contribution in [0.5, 0.6) is 0 Å². The fourth-order valence-corrected chi connectivity index (χ4v) is 5.15. The van der Waals surface area contributed by atoms with Gasteiger partial charge in [-0.1, -0.05) is 0 Å². The zero-order chi connectivity index (χ0) is 20.5. The molecule has 158 valence electrons. The molecule has 0 bridgehead atoms. The Bertz CT molecular complexity index is 1040. The zero-order valence-electron chi connectivity index (χ0n) is 17.5. The lowest BCUT2D eigenvalue weighted by atomic mass is 9.87. The highest BCUT2D eigenvalue weighted by Gasteiger charge is 2.29. The summed E-state index contributed by atoms with van der Waals surface area (Å²) in [5, 5.41) is 2.37. The predicted molar refractivity (Wildman–Crippen MR) is 116 cm³/mol. The molecule has 1 unspecified atom stereocenters. The van der Waals surface area contributed by atoms with Gasteiger partial charge in [0, 0.05) is 49.3 Å². The fourth-order valence-electron chi connectivity index (χ4n) is 5.15. The molecule has 0 aromatic carbocycles. The van der Waals surface area contributed by atoms with E-state index in [2.05, 4.69) is 32.0 Å². The second-order valence-electron chi connectivity index (χ2n) is 8.66. The number of nitrogens with one attached hydrogen (secondary N) is 1. The van der Waals surface area contributed by atoms with Crippen molar-refractivity contribution in [2.45, 2.75) is 25.2 Å². The number of ether oxygens (including phenoxy) is 1. The zero-order valence-corrected chi connectivity index (χ0v) is 17.5. The van der Waals surface area contributed by atoms with E-state index in [9.17, 15) is 4.79 Å². The van der Waals surface area contributed by atoms with Crippen molar-refractivity contribution in [1.82, 2.24) is 24.8 Å². The Morgan fingerprint density at radius 1 is 1.20 bits per heavy atom. The van der Waals surface area contributed by atoms with Crippen molar-refractivity contribution in [3.05, 3.63) is 36.3 Å². The Hall–Kier alpha value is -2.51. The third-order valence-electron chi connectivity index (χ3n) is 6.75. The summed E-state index contributed by atoms with van der Waals surface area (Å²) in [7, 11) is 1.73. The molecule has 2 saturated heterocycles. The number of amides is 1. The molecule has 7 nitrogen and oxygen atoms in total. The molecule has 0 aliphatic carbocycles. The van der Waals surface area contributed by atoms with Crippen molar-refractivity contribution in [1.29, 1.82) is 0 Å². The summed E-state index contributed by atoms with van der Waals surface area (Å²) in [4.78, 5) is 29.2. The van der Waals surface area contributed by atoms with Gasteiger partial charge in [0.2, 0.25) is 5.91 Å². The smallest absolute Gasteiger partial charge is 0.236 e. The normalized spacial score (nSPS) is 21.1. The minimum atomic E-state index is 0.266. The van der Waals surface area contributed by atoms with E-state index in [0.29, 0.717) is 18.4 Å². The predicted octanol–water partition coefficient (Wildman–Crippen LogP) is 2.79. The first-order valence-corrected chi connectivity index (χ1v) is 10.9. The van der Waals surface area contributed by atoms with Gasteiger partial charge >= 0.3 is 0 Å². The van der Waals surface area contributed by atoms with Crippen LogP contribution in [0.1, 0.15) is 30.7 Å². The second kappa shape index (κ2) is 8.32. The molecule has 1 amide bonds. The van der Waals surface area contributed by atoms with Crippen molar-refractivity contribution in [3.63, 3.8) is 0 Å². The van der Waals surface area contributed by atoms with Gasteiger partial charge in [-0.2, -0.15) is 0 Å². The van der Waals surface area contributed by atoms with Gasteiger partial charge in [0.25, 0.3) is 0 Å². The fraction of sp³-hybridized carbons (Fsp3) is 0.522. The van der Waals surface area contributed by atoms with Gasteiger partial charge in [-0.25, -0.2) is 9.97 Å². The molecule has 1 atom stereocenters. The van der Waals surface area contributed by atoms with Crippen LogP contribution in [0.25, 0.3) is 21.9 Å². The molecule has 1 N–H and O–H groups in total. The third-order valence-corrected chi connectivity index (χ3v) is 6.75. The molecule has 2 aliphatic rings. The third kappa shape index (κ3) is 3.68. The molecular formula is C23H29N5O2. The van der Waals surface area contributed by atoms with E-state index in [1.54, 1.807) is 7.11 Å². The van der Waals surface area contributed by atoms with Gasteiger partial charge in [-0.15, -0.1) is 0 Å². The minimum Gasteiger partial charge on any atom is -0.384 e. The summed E-state index contributed by atoms with van der Waals surface area (Å²) >= 11 is 0. The Balaban J connectivity index is 1.25. The van der Waals surface area contributed by atoms with Gasteiger partial charge in [-0.3, -0.25) is 9.69 Å². The standard InChI is InChI=1S/C23H29N5O2/c1-30-15-16-4-11-28(13-16)21(29)14-27-9-5-17(6-10-27)18-2-7-24-20-12-26-23-19(22(18)20)3-8-25-23/h2-3,7-8,12,16-17,24H,4-6,9-11,13-15H2,1H3. The quantitative estimate of drug-likeness (QED) is 0.704. The Kier molecular flexibility index (Phi) is 5.39. The van der Waals surface area contributed by atoms with E-state index in [0.717, 1.165) is 68.6 Å². The number of H-pyrrole nitrogens is 1. The van der Waals surface area contributed by atoms with Crippen LogP contribution in [0.3, 0.4) is 0 Å². The van der Waals surface area contributed by atoms with E-state index in [-0.39, 0.29) is 5.91 Å². The van der Waals surface area contributed by atoms with Crippen molar-refractivity contribution < 1.29 is 9.53 Å². The highest BCUT2D eigenvalue weighted by molar-refractivity contribution is 6.05. The number of aromatic nitrogens is 3. The first-order chi connectivity index (χ1) is 14.7. The van der Waals surface area contributed by atoms with Gasteiger partial charge < -0.3 is 14.6 Å². The average Bonchev–Trinajstić information content (AvgIpc) is 3.44. The first-order valence-electron chi connectivity index (χ1n) is 10.9. The largest absolute Gasteiger partial charge is 0.384 e.